The maximum Gasteiger partial charge on any atom is 0.341 e. The third-order valence-corrected chi connectivity index (χ3v) is 2.54. The van der Waals surface area contributed by atoms with Crippen LogP contribution in [0.2, 0.25) is 0 Å². The minimum Gasteiger partial charge on any atom is -0.496 e. The molecule has 5 heteroatoms. The summed E-state index contributed by atoms with van der Waals surface area (Å²) in [5.41, 5.74) is 0.692. The molecule has 0 radical (unpaired) electrons. The van der Waals surface area contributed by atoms with Crippen LogP contribution in [0.1, 0.15) is 20.7 Å². The molecule has 0 saturated carbocycles. The molecule has 0 aromatic heterocycles. The zero-order chi connectivity index (χ0) is 11.4. The van der Waals surface area contributed by atoms with Crippen LogP contribution < -0.4 is 4.74 Å². The van der Waals surface area contributed by atoms with E-state index in [4.69, 9.17) is 4.74 Å². The monoisotopic (exact) mass is 272 g/mol. The highest BCUT2D eigenvalue weighted by atomic mass is 79.9. The number of methoxy groups -OCH3 is 2. The van der Waals surface area contributed by atoms with Crippen molar-refractivity contribution in [3.05, 3.63) is 27.7 Å². The summed E-state index contributed by atoms with van der Waals surface area (Å²) in [5, 5.41) is 0. The minimum atomic E-state index is -0.509. The summed E-state index contributed by atoms with van der Waals surface area (Å²) >= 11 is 3.17. The predicted molar refractivity (Wildman–Crippen MR) is 57.4 cm³/mol. The van der Waals surface area contributed by atoms with Crippen molar-refractivity contribution in [2.24, 2.45) is 0 Å². The maximum atomic E-state index is 11.3. The third kappa shape index (κ3) is 2.36. The van der Waals surface area contributed by atoms with Crippen LogP contribution in [0.3, 0.4) is 0 Å². The zero-order valence-corrected chi connectivity index (χ0v) is 9.83. The Labute approximate surface area is 95.3 Å². The van der Waals surface area contributed by atoms with E-state index in [0.717, 1.165) is 0 Å². The van der Waals surface area contributed by atoms with Gasteiger partial charge in [-0.3, -0.25) is 4.79 Å². The topological polar surface area (TPSA) is 52.6 Å². The van der Waals surface area contributed by atoms with Gasteiger partial charge in [0.1, 0.15) is 11.3 Å². The van der Waals surface area contributed by atoms with Crippen molar-refractivity contribution in [2.45, 2.75) is 0 Å². The Bertz CT molecular complexity index is 401. The summed E-state index contributed by atoms with van der Waals surface area (Å²) in [6, 6.07) is 2.97. The van der Waals surface area contributed by atoms with Gasteiger partial charge in [-0.1, -0.05) is 15.9 Å². The first-order valence-electron chi connectivity index (χ1n) is 4.05. The number of esters is 1. The number of aldehydes is 1. The molecule has 4 nitrogen and oxygen atoms in total. The van der Waals surface area contributed by atoms with Gasteiger partial charge in [0.05, 0.1) is 14.2 Å². The number of carbonyl (C=O) groups is 2. The smallest absolute Gasteiger partial charge is 0.341 e. The van der Waals surface area contributed by atoms with Crippen LogP contribution in [-0.4, -0.2) is 26.5 Å². The highest BCUT2D eigenvalue weighted by Gasteiger charge is 2.15. The van der Waals surface area contributed by atoms with Crippen LogP contribution >= 0.6 is 15.9 Å². The molecule has 0 amide bonds. The van der Waals surface area contributed by atoms with Gasteiger partial charge < -0.3 is 9.47 Å². The molecule has 0 bridgehead atoms. The maximum absolute atomic E-state index is 11.3. The third-order valence-electron chi connectivity index (χ3n) is 1.85. The number of ether oxygens (including phenoxy) is 2. The lowest BCUT2D eigenvalue weighted by molar-refractivity contribution is 0.0596. The molecule has 0 spiro atoms. The Morgan fingerprint density at radius 2 is 2.07 bits per heavy atom. The van der Waals surface area contributed by atoms with E-state index in [1.165, 1.54) is 26.4 Å². The Kier molecular flexibility index (Phi) is 3.85. The van der Waals surface area contributed by atoms with Crippen LogP contribution in [0, 0.1) is 0 Å². The van der Waals surface area contributed by atoms with Crippen LogP contribution in [0.15, 0.2) is 16.6 Å². The van der Waals surface area contributed by atoms with Crippen LogP contribution in [0.4, 0.5) is 0 Å². The van der Waals surface area contributed by atoms with Crippen molar-refractivity contribution in [2.75, 3.05) is 14.2 Å². The van der Waals surface area contributed by atoms with Crippen molar-refractivity contribution in [1.29, 1.82) is 0 Å². The second-order valence-electron chi connectivity index (χ2n) is 2.68. The number of rotatable bonds is 3. The summed E-state index contributed by atoms with van der Waals surface area (Å²) in [7, 11) is 2.70. The molecule has 0 atom stereocenters. The van der Waals surface area contributed by atoms with Crippen molar-refractivity contribution >= 4 is 28.2 Å². The fourth-order valence-corrected chi connectivity index (χ4v) is 1.53. The van der Waals surface area contributed by atoms with Crippen molar-refractivity contribution in [1.82, 2.24) is 0 Å². The average molecular weight is 273 g/mol. The second-order valence-corrected chi connectivity index (χ2v) is 3.54. The number of carbonyl (C=O) groups excluding carboxylic acids is 2. The molecule has 0 aliphatic carbocycles. The predicted octanol–water partition coefficient (Wildman–Crippen LogP) is 2.06. The first-order valence-corrected chi connectivity index (χ1v) is 4.84. The molecule has 0 aliphatic rings. The first kappa shape index (κ1) is 11.7. The summed E-state index contributed by atoms with van der Waals surface area (Å²) in [4.78, 5) is 22.0. The molecule has 0 unspecified atom stereocenters. The molecule has 1 aromatic carbocycles. The van der Waals surface area contributed by atoms with Gasteiger partial charge in [0.15, 0.2) is 6.29 Å². The van der Waals surface area contributed by atoms with Gasteiger partial charge in [-0.25, -0.2) is 4.79 Å². The van der Waals surface area contributed by atoms with Gasteiger partial charge in [0, 0.05) is 10.0 Å². The van der Waals surface area contributed by atoms with E-state index in [-0.39, 0.29) is 5.56 Å². The van der Waals surface area contributed by atoms with Crippen molar-refractivity contribution in [3.63, 3.8) is 0 Å². The summed E-state index contributed by atoms with van der Waals surface area (Å²) in [6.45, 7) is 0. The fraction of sp³-hybridized carbons (Fsp3) is 0.200. The summed E-state index contributed by atoms with van der Waals surface area (Å²) < 4.78 is 10.1. The highest BCUT2D eigenvalue weighted by Crippen LogP contribution is 2.26. The van der Waals surface area contributed by atoms with E-state index >= 15 is 0 Å². The van der Waals surface area contributed by atoms with Crippen LogP contribution in [0.5, 0.6) is 5.75 Å². The lowest BCUT2D eigenvalue weighted by atomic mass is 10.1. The lowest BCUT2D eigenvalue weighted by Crippen LogP contribution is -2.05. The van der Waals surface area contributed by atoms with Gasteiger partial charge in [0.25, 0.3) is 0 Å². The van der Waals surface area contributed by atoms with Gasteiger partial charge in [-0.05, 0) is 12.1 Å². The molecule has 0 aliphatic heterocycles. The van der Waals surface area contributed by atoms with Crippen molar-refractivity contribution in [3.8, 4) is 5.75 Å². The molecule has 0 saturated heterocycles. The van der Waals surface area contributed by atoms with E-state index < -0.39 is 5.97 Å². The van der Waals surface area contributed by atoms with E-state index in [9.17, 15) is 9.59 Å². The normalized spacial score (nSPS) is 9.53. The molecule has 0 heterocycles. The van der Waals surface area contributed by atoms with Gasteiger partial charge in [-0.2, -0.15) is 0 Å². The molecule has 80 valence electrons. The largest absolute Gasteiger partial charge is 0.496 e. The standard InChI is InChI=1S/C10H9BrO4/c1-14-9-3-6(5-12)8(11)4-7(9)10(13)15-2/h3-5H,1-2H3. The minimum absolute atomic E-state index is 0.275. The van der Waals surface area contributed by atoms with Crippen LogP contribution in [0.25, 0.3) is 0 Å². The first-order chi connectivity index (χ1) is 7.13. The van der Waals surface area contributed by atoms with E-state index in [0.29, 0.717) is 22.1 Å². The highest BCUT2D eigenvalue weighted by molar-refractivity contribution is 9.10. The number of benzene rings is 1. The molecule has 1 rings (SSSR count). The summed E-state index contributed by atoms with van der Waals surface area (Å²) in [5.74, 6) is -0.197. The number of halogens is 1. The Morgan fingerprint density at radius 1 is 1.40 bits per heavy atom. The van der Waals surface area contributed by atoms with Gasteiger partial charge in [-0.15, -0.1) is 0 Å². The zero-order valence-electron chi connectivity index (χ0n) is 8.24. The quantitative estimate of drug-likeness (QED) is 0.624. The lowest BCUT2D eigenvalue weighted by Gasteiger charge is -2.08. The molecule has 15 heavy (non-hydrogen) atoms. The SMILES string of the molecule is COC(=O)c1cc(Br)c(C=O)cc1OC. The molecule has 0 fully saturated rings. The van der Waals surface area contributed by atoms with Gasteiger partial charge >= 0.3 is 5.97 Å². The van der Waals surface area contributed by atoms with E-state index in [1.807, 2.05) is 0 Å². The summed E-state index contributed by atoms with van der Waals surface area (Å²) in [6.07, 6.45) is 0.674. The number of hydrogen-bond acceptors (Lipinski definition) is 4. The van der Waals surface area contributed by atoms with E-state index in [1.54, 1.807) is 0 Å². The van der Waals surface area contributed by atoms with Gasteiger partial charge in [0.2, 0.25) is 0 Å². The fourth-order valence-electron chi connectivity index (χ4n) is 1.10. The Morgan fingerprint density at radius 3 is 2.53 bits per heavy atom. The van der Waals surface area contributed by atoms with E-state index in [2.05, 4.69) is 20.7 Å². The Balaban J connectivity index is 3.33. The molecular formula is C10H9BrO4. The second kappa shape index (κ2) is 4.93. The van der Waals surface area contributed by atoms with Crippen molar-refractivity contribution < 1.29 is 19.1 Å². The Hall–Kier alpha value is -1.36. The molecule has 0 N–H and O–H groups in total. The average Bonchev–Trinajstić information content (AvgIpc) is 2.27. The molecular weight excluding hydrogens is 264 g/mol. The number of hydrogen-bond donors (Lipinski definition) is 0. The van der Waals surface area contributed by atoms with Crippen LogP contribution in [-0.2, 0) is 4.74 Å². The molecule has 1 aromatic rings.